The van der Waals surface area contributed by atoms with Gasteiger partial charge in [-0.1, -0.05) is 20.3 Å². The normalized spacial score (nSPS) is 17.1. The molecule has 1 saturated carbocycles. The van der Waals surface area contributed by atoms with E-state index in [1.54, 1.807) is 0 Å². The lowest BCUT2D eigenvalue weighted by molar-refractivity contribution is -0.130. The van der Waals surface area contributed by atoms with E-state index in [0.29, 0.717) is 6.04 Å². The van der Waals surface area contributed by atoms with Gasteiger partial charge >= 0.3 is 0 Å². The largest absolute Gasteiger partial charge is 0.368 e. The minimum atomic E-state index is -0.646. The van der Waals surface area contributed by atoms with Crippen molar-refractivity contribution in [2.24, 2.45) is 11.7 Å². The van der Waals surface area contributed by atoms with Crippen LogP contribution in [0.15, 0.2) is 0 Å². The molecule has 1 aliphatic rings. The van der Waals surface area contributed by atoms with Gasteiger partial charge in [0.05, 0.1) is 13.1 Å². The summed E-state index contributed by atoms with van der Waals surface area (Å²) in [5.74, 6) is -1.22. The van der Waals surface area contributed by atoms with Gasteiger partial charge in [-0.05, 0) is 18.8 Å². The smallest absolute Gasteiger partial charge is 0.243 e. The Hall–Kier alpha value is -1.63. The number of amides is 3. The maximum atomic E-state index is 12.0. The van der Waals surface area contributed by atoms with Crippen molar-refractivity contribution in [3.8, 4) is 0 Å². The quantitative estimate of drug-likeness (QED) is 0.429. The first-order valence-corrected chi connectivity index (χ1v) is 7.02. The lowest BCUT2D eigenvalue weighted by Crippen LogP contribution is -2.53. The summed E-state index contributed by atoms with van der Waals surface area (Å²) < 4.78 is 0. The molecule has 114 valence electrons. The summed E-state index contributed by atoms with van der Waals surface area (Å²) >= 11 is 0. The van der Waals surface area contributed by atoms with E-state index in [1.165, 1.54) is 0 Å². The highest BCUT2D eigenvalue weighted by Crippen LogP contribution is 2.18. The summed E-state index contributed by atoms with van der Waals surface area (Å²) in [6, 6.07) is -0.209. The maximum absolute atomic E-state index is 12.0. The third-order valence-electron chi connectivity index (χ3n) is 3.38. The van der Waals surface area contributed by atoms with Crippen LogP contribution in [0.4, 0.5) is 0 Å². The molecule has 0 spiro atoms. The molecule has 0 aromatic rings. The van der Waals surface area contributed by atoms with Crippen molar-refractivity contribution in [1.29, 1.82) is 0 Å². The van der Waals surface area contributed by atoms with Crippen LogP contribution in [0.2, 0.25) is 0 Å². The van der Waals surface area contributed by atoms with Gasteiger partial charge in [0, 0.05) is 6.04 Å². The van der Waals surface area contributed by atoms with E-state index in [0.717, 1.165) is 19.3 Å². The fourth-order valence-electron chi connectivity index (χ4n) is 1.74. The van der Waals surface area contributed by atoms with E-state index in [9.17, 15) is 14.4 Å². The molecule has 1 rings (SSSR count). The van der Waals surface area contributed by atoms with E-state index < -0.39 is 11.9 Å². The second kappa shape index (κ2) is 7.84. The van der Waals surface area contributed by atoms with Crippen molar-refractivity contribution in [2.45, 2.75) is 45.2 Å². The van der Waals surface area contributed by atoms with Crippen LogP contribution in [-0.2, 0) is 14.4 Å². The summed E-state index contributed by atoms with van der Waals surface area (Å²) in [6.45, 7) is 3.80. The van der Waals surface area contributed by atoms with Crippen LogP contribution in [0.5, 0.6) is 0 Å². The molecular formula is C13H24N4O3. The molecule has 20 heavy (non-hydrogen) atoms. The van der Waals surface area contributed by atoms with E-state index in [4.69, 9.17) is 5.73 Å². The van der Waals surface area contributed by atoms with Gasteiger partial charge in [-0.2, -0.15) is 0 Å². The lowest BCUT2D eigenvalue weighted by Gasteiger charge is -2.23. The molecule has 3 amide bonds. The Morgan fingerprint density at radius 2 is 1.90 bits per heavy atom. The maximum Gasteiger partial charge on any atom is 0.243 e. The van der Waals surface area contributed by atoms with Gasteiger partial charge in [-0.15, -0.1) is 0 Å². The molecule has 0 saturated heterocycles. The van der Waals surface area contributed by atoms with Gasteiger partial charge in [0.15, 0.2) is 0 Å². The first-order valence-electron chi connectivity index (χ1n) is 7.02. The number of carbonyl (C=O) groups excluding carboxylic acids is 3. The first-order chi connectivity index (χ1) is 9.43. The second-order valence-electron chi connectivity index (χ2n) is 5.27. The van der Waals surface area contributed by atoms with Gasteiger partial charge in [0.25, 0.3) is 0 Å². The first kappa shape index (κ1) is 16.4. The number of hydrogen-bond acceptors (Lipinski definition) is 4. The highest BCUT2D eigenvalue weighted by atomic mass is 16.2. The second-order valence-corrected chi connectivity index (χ2v) is 5.27. The third-order valence-corrected chi connectivity index (χ3v) is 3.38. The Morgan fingerprint density at radius 3 is 2.40 bits per heavy atom. The topological polar surface area (TPSA) is 113 Å². The fourth-order valence-corrected chi connectivity index (χ4v) is 1.74. The summed E-state index contributed by atoms with van der Waals surface area (Å²) in [4.78, 5) is 34.5. The molecule has 0 bridgehead atoms. The van der Waals surface area contributed by atoms with Crippen LogP contribution < -0.4 is 21.7 Å². The van der Waals surface area contributed by atoms with Crippen molar-refractivity contribution < 1.29 is 14.4 Å². The Morgan fingerprint density at radius 1 is 1.25 bits per heavy atom. The highest BCUT2D eigenvalue weighted by Gasteiger charge is 2.27. The number of rotatable bonds is 9. The van der Waals surface area contributed by atoms with Gasteiger partial charge in [0.2, 0.25) is 17.7 Å². The Balaban J connectivity index is 2.46. The SMILES string of the molecule is CC[C@@H](C)[C@@H](NC(=O)CNC1CC1)C(=O)NCC(N)=O. The predicted octanol–water partition coefficient (Wildman–Crippen LogP) is -1.13. The zero-order valence-electron chi connectivity index (χ0n) is 12.1. The zero-order valence-corrected chi connectivity index (χ0v) is 12.1. The summed E-state index contributed by atoms with van der Waals surface area (Å²) in [5.41, 5.74) is 4.99. The molecule has 0 aliphatic heterocycles. The summed E-state index contributed by atoms with van der Waals surface area (Å²) in [5, 5.41) is 8.23. The molecule has 0 aromatic heterocycles. The summed E-state index contributed by atoms with van der Waals surface area (Å²) in [7, 11) is 0. The van der Waals surface area contributed by atoms with E-state index in [-0.39, 0.29) is 30.8 Å². The Labute approximate surface area is 119 Å². The number of nitrogens with two attached hydrogens (primary N) is 1. The van der Waals surface area contributed by atoms with Crippen LogP contribution in [0.3, 0.4) is 0 Å². The summed E-state index contributed by atoms with van der Waals surface area (Å²) in [6.07, 6.45) is 2.94. The highest BCUT2D eigenvalue weighted by molar-refractivity contribution is 5.90. The molecule has 5 N–H and O–H groups in total. The Kier molecular flexibility index (Phi) is 6.44. The van der Waals surface area contributed by atoms with Gasteiger partial charge in [-0.3, -0.25) is 14.4 Å². The molecule has 7 heteroatoms. The molecule has 7 nitrogen and oxygen atoms in total. The van der Waals surface area contributed by atoms with Gasteiger partial charge in [0.1, 0.15) is 6.04 Å². The van der Waals surface area contributed by atoms with Crippen molar-refractivity contribution >= 4 is 17.7 Å². The van der Waals surface area contributed by atoms with Crippen LogP contribution in [-0.4, -0.2) is 42.9 Å². The predicted molar refractivity (Wildman–Crippen MR) is 74.6 cm³/mol. The molecule has 1 aliphatic carbocycles. The minimum absolute atomic E-state index is 0.0206. The van der Waals surface area contributed by atoms with Crippen LogP contribution in [0.1, 0.15) is 33.1 Å². The number of nitrogens with one attached hydrogen (secondary N) is 3. The molecule has 1 fully saturated rings. The van der Waals surface area contributed by atoms with Crippen LogP contribution >= 0.6 is 0 Å². The molecule has 0 radical (unpaired) electrons. The monoisotopic (exact) mass is 284 g/mol. The molecule has 2 atom stereocenters. The van der Waals surface area contributed by atoms with Gasteiger partial charge < -0.3 is 21.7 Å². The zero-order chi connectivity index (χ0) is 15.1. The van der Waals surface area contributed by atoms with Crippen molar-refractivity contribution in [3.63, 3.8) is 0 Å². The lowest BCUT2D eigenvalue weighted by atomic mass is 9.98. The third kappa shape index (κ3) is 6.01. The average molecular weight is 284 g/mol. The number of primary amides is 1. The standard InChI is InChI=1S/C13H24N4O3/c1-3-8(2)12(13(20)16-6-10(14)18)17-11(19)7-15-9-4-5-9/h8-9,12,15H,3-7H2,1-2H3,(H2,14,18)(H,16,20)(H,17,19)/t8-,12-/m1/s1. The van der Waals surface area contributed by atoms with Crippen LogP contribution in [0, 0.1) is 5.92 Å². The molecular weight excluding hydrogens is 260 g/mol. The molecule has 0 unspecified atom stereocenters. The molecule has 0 aromatic carbocycles. The van der Waals surface area contributed by atoms with Crippen molar-refractivity contribution in [1.82, 2.24) is 16.0 Å². The molecule has 0 heterocycles. The van der Waals surface area contributed by atoms with Gasteiger partial charge in [-0.25, -0.2) is 0 Å². The van der Waals surface area contributed by atoms with E-state index >= 15 is 0 Å². The minimum Gasteiger partial charge on any atom is -0.368 e. The van der Waals surface area contributed by atoms with E-state index in [1.807, 2.05) is 13.8 Å². The number of carbonyl (C=O) groups is 3. The average Bonchev–Trinajstić information content (AvgIpc) is 3.23. The Bertz CT molecular complexity index is 369. The van der Waals surface area contributed by atoms with Crippen LogP contribution in [0.25, 0.3) is 0 Å². The van der Waals surface area contributed by atoms with Crippen molar-refractivity contribution in [3.05, 3.63) is 0 Å². The van der Waals surface area contributed by atoms with Crippen molar-refractivity contribution in [2.75, 3.05) is 13.1 Å². The fraction of sp³-hybridized carbons (Fsp3) is 0.769. The van der Waals surface area contributed by atoms with E-state index in [2.05, 4.69) is 16.0 Å². The number of hydrogen-bond donors (Lipinski definition) is 4.